The van der Waals surface area contributed by atoms with Crippen LogP contribution in [0.25, 0.3) is 0 Å². The molecule has 0 aromatic rings. The molecule has 2 heteroatoms. The van der Waals surface area contributed by atoms with E-state index in [-0.39, 0.29) is 0 Å². The quantitative estimate of drug-likeness (QED) is 0.785. The molecule has 1 nitrogen and oxygen atoms in total. The summed E-state index contributed by atoms with van der Waals surface area (Å²) in [5, 5.41) is 4.90. The first-order valence-electron chi connectivity index (χ1n) is 7.21. The Bertz CT molecular complexity index is 207. The Kier molecular flexibility index (Phi) is 5.02. The zero-order chi connectivity index (χ0) is 11.4. The molecule has 2 rings (SSSR count). The van der Waals surface area contributed by atoms with Crippen LogP contribution in [0.1, 0.15) is 58.8 Å². The minimum absolute atomic E-state index is 0.834. The maximum atomic E-state index is 3.95. The SMILES string of the molecule is CCSC1CCC(NC2CCCC2CC)C1. The lowest BCUT2D eigenvalue weighted by molar-refractivity contribution is 0.349. The summed E-state index contributed by atoms with van der Waals surface area (Å²) in [5.41, 5.74) is 0. The molecule has 0 aliphatic heterocycles. The van der Waals surface area contributed by atoms with E-state index in [1.807, 2.05) is 0 Å². The molecule has 2 aliphatic rings. The van der Waals surface area contributed by atoms with E-state index in [4.69, 9.17) is 0 Å². The standard InChI is InChI=1S/C14H27NS/c1-3-11-6-5-7-14(11)15-12-8-9-13(10-12)16-4-2/h11-15H,3-10H2,1-2H3. The van der Waals surface area contributed by atoms with E-state index >= 15 is 0 Å². The third-order valence-electron chi connectivity index (χ3n) is 4.42. The van der Waals surface area contributed by atoms with Crippen molar-refractivity contribution in [2.45, 2.75) is 76.1 Å². The van der Waals surface area contributed by atoms with Crippen molar-refractivity contribution in [3.05, 3.63) is 0 Å². The lowest BCUT2D eigenvalue weighted by atomic mass is 9.99. The summed E-state index contributed by atoms with van der Waals surface area (Å²) in [5.74, 6) is 2.26. The molecule has 0 spiro atoms. The van der Waals surface area contributed by atoms with Crippen molar-refractivity contribution < 1.29 is 0 Å². The van der Waals surface area contributed by atoms with Gasteiger partial charge in [-0.1, -0.05) is 26.7 Å². The highest BCUT2D eigenvalue weighted by atomic mass is 32.2. The van der Waals surface area contributed by atoms with Gasteiger partial charge in [-0.2, -0.15) is 11.8 Å². The first-order chi connectivity index (χ1) is 7.83. The molecule has 0 amide bonds. The number of hydrogen-bond acceptors (Lipinski definition) is 2. The highest BCUT2D eigenvalue weighted by molar-refractivity contribution is 7.99. The largest absolute Gasteiger partial charge is 0.311 e. The lowest BCUT2D eigenvalue weighted by Crippen LogP contribution is -2.39. The smallest absolute Gasteiger partial charge is 0.00978 e. The maximum Gasteiger partial charge on any atom is 0.00978 e. The molecule has 0 heterocycles. The van der Waals surface area contributed by atoms with E-state index in [0.29, 0.717) is 0 Å². The van der Waals surface area contributed by atoms with E-state index in [2.05, 4.69) is 30.9 Å². The van der Waals surface area contributed by atoms with Crippen LogP contribution in [0, 0.1) is 5.92 Å². The van der Waals surface area contributed by atoms with Gasteiger partial charge in [0.05, 0.1) is 0 Å². The van der Waals surface area contributed by atoms with Crippen LogP contribution in [0.4, 0.5) is 0 Å². The van der Waals surface area contributed by atoms with Gasteiger partial charge in [0.2, 0.25) is 0 Å². The van der Waals surface area contributed by atoms with Crippen LogP contribution in [0.2, 0.25) is 0 Å². The van der Waals surface area contributed by atoms with Gasteiger partial charge in [0.25, 0.3) is 0 Å². The first-order valence-corrected chi connectivity index (χ1v) is 8.26. The minimum atomic E-state index is 0.834. The topological polar surface area (TPSA) is 12.0 Å². The van der Waals surface area contributed by atoms with E-state index in [1.165, 1.54) is 50.7 Å². The third-order valence-corrected chi connectivity index (χ3v) is 5.65. The Morgan fingerprint density at radius 3 is 2.75 bits per heavy atom. The fraction of sp³-hybridized carbons (Fsp3) is 1.00. The van der Waals surface area contributed by atoms with Crippen molar-refractivity contribution in [1.29, 1.82) is 0 Å². The van der Waals surface area contributed by atoms with Gasteiger partial charge in [-0.25, -0.2) is 0 Å². The molecular formula is C14H27NS. The van der Waals surface area contributed by atoms with Gasteiger partial charge in [-0.05, 0) is 43.8 Å². The van der Waals surface area contributed by atoms with Crippen LogP contribution in [0.15, 0.2) is 0 Å². The molecule has 0 bridgehead atoms. The molecule has 0 radical (unpaired) electrons. The van der Waals surface area contributed by atoms with Gasteiger partial charge in [0, 0.05) is 17.3 Å². The Morgan fingerprint density at radius 1 is 1.12 bits per heavy atom. The molecule has 4 unspecified atom stereocenters. The van der Waals surface area contributed by atoms with Gasteiger partial charge >= 0.3 is 0 Å². The zero-order valence-electron chi connectivity index (χ0n) is 10.9. The molecule has 0 saturated heterocycles. The Morgan fingerprint density at radius 2 is 2.00 bits per heavy atom. The number of thioether (sulfide) groups is 1. The van der Waals surface area contributed by atoms with Crippen molar-refractivity contribution in [1.82, 2.24) is 5.32 Å². The molecule has 94 valence electrons. The molecular weight excluding hydrogens is 214 g/mol. The average molecular weight is 241 g/mol. The molecule has 2 aliphatic carbocycles. The van der Waals surface area contributed by atoms with Crippen LogP contribution in [-0.2, 0) is 0 Å². The van der Waals surface area contributed by atoms with Gasteiger partial charge in [-0.15, -0.1) is 0 Å². The van der Waals surface area contributed by atoms with Crippen LogP contribution in [0.5, 0.6) is 0 Å². The summed E-state index contributed by atoms with van der Waals surface area (Å²) in [6.07, 6.45) is 10.0. The van der Waals surface area contributed by atoms with Crippen molar-refractivity contribution in [2.24, 2.45) is 5.92 Å². The molecule has 0 aromatic heterocycles. The van der Waals surface area contributed by atoms with Crippen LogP contribution in [-0.4, -0.2) is 23.1 Å². The van der Waals surface area contributed by atoms with Crippen LogP contribution < -0.4 is 5.32 Å². The molecule has 16 heavy (non-hydrogen) atoms. The summed E-state index contributed by atoms with van der Waals surface area (Å²) in [7, 11) is 0. The van der Waals surface area contributed by atoms with Crippen LogP contribution in [0.3, 0.4) is 0 Å². The number of nitrogens with one attached hydrogen (secondary N) is 1. The summed E-state index contributed by atoms with van der Waals surface area (Å²) in [6, 6.07) is 1.68. The van der Waals surface area contributed by atoms with Gasteiger partial charge < -0.3 is 5.32 Å². The summed E-state index contributed by atoms with van der Waals surface area (Å²) < 4.78 is 0. The molecule has 1 N–H and O–H groups in total. The number of rotatable bonds is 5. The van der Waals surface area contributed by atoms with Gasteiger partial charge in [-0.3, -0.25) is 0 Å². The van der Waals surface area contributed by atoms with E-state index in [1.54, 1.807) is 0 Å². The van der Waals surface area contributed by atoms with Crippen molar-refractivity contribution in [3.63, 3.8) is 0 Å². The second kappa shape index (κ2) is 6.30. The predicted molar refractivity (Wildman–Crippen MR) is 74.1 cm³/mol. The van der Waals surface area contributed by atoms with E-state index in [0.717, 1.165) is 23.3 Å². The van der Waals surface area contributed by atoms with E-state index in [9.17, 15) is 0 Å². The monoisotopic (exact) mass is 241 g/mol. The van der Waals surface area contributed by atoms with Crippen molar-refractivity contribution >= 4 is 11.8 Å². The second-order valence-corrected chi connectivity index (χ2v) is 7.04. The van der Waals surface area contributed by atoms with Gasteiger partial charge in [0.1, 0.15) is 0 Å². The van der Waals surface area contributed by atoms with E-state index < -0.39 is 0 Å². The molecule has 0 aromatic carbocycles. The highest BCUT2D eigenvalue weighted by Gasteiger charge is 2.31. The Balaban J connectivity index is 1.74. The lowest BCUT2D eigenvalue weighted by Gasteiger charge is -2.24. The fourth-order valence-corrected chi connectivity index (χ4v) is 4.67. The third kappa shape index (κ3) is 3.16. The molecule has 4 atom stereocenters. The summed E-state index contributed by atoms with van der Waals surface area (Å²) in [4.78, 5) is 0. The Labute approximate surface area is 105 Å². The van der Waals surface area contributed by atoms with Crippen LogP contribution >= 0.6 is 11.8 Å². The minimum Gasteiger partial charge on any atom is -0.311 e. The molecule has 2 saturated carbocycles. The zero-order valence-corrected chi connectivity index (χ0v) is 11.7. The summed E-state index contributed by atoms with van der Waals surface area (Å²) >= 11 is 2.17. The molecule has 2 fully saturated rings. The van der Waals surface area contributed by atoms with Crippen molar-refractivity contribution in [3.8, 4) is 0 Å². The normalized spacial score (nSPS) is 39.4. The van der Waals surface area contributed by atoms with Crippen molar-refractivity contribution in [2.75, 3.05) is 5.75 Å². The maximum absolute atomic E-state index is 3.95. The number of hydrogen-bond donors (Lipinski definition) is 1. The average Bonchev–Trinajstić information content (AvgIpc) is 2.89. The fourth-order valence-electron chi connectivity index (χ4n) is 3.53. The van der Waals surface area contributed by atoms with Gasteiger partial charge in [0.15, 0.2) is 0 Å². The predicted octanol–water partition coefficient (Wildman–Crippen LogP) is 3.83. The second-order valence-electron chi connectivity index (χ2n) is 5.46. The highest BCUT2D eigenvalue weighted by Crippen LogP contribution is 2.33. The Hall–Kier alpha value is 0.310. The summed E-state index contributed by atoms with van der Waals surface area (Å²) in [6.45, 7) is 4.64. The first kappa shape index (κ1) is 12.8.